The smallest absolute Gasteiger partial charge is 0.354 e. The molecule has 1 heterocycles. The zero-order chi connectivity index (χ0) is 15.0. The molecule has 0 aromatic rings. The van der Waals surface area contributed by atoms with E-state index in [1.165, 1.54) is 4.90 Å². The van der Waals surface area contributed by atoms with E-state index >= 15 is 0 Å². The lowest BCUT2D eigenvalue weighted by atomic mass is 10.2. The highest BCUT2D eigenvalue weighted by molar-refractivity contribution is 5.92. The zero-order valence-electron chi connectivity index (χ0n) is 11.6. The summed E-state index contributed by atoms with van der Waals surface area (Å²) in [7, 11) is 0. The minimum Gasteiger partial charge on any atom is -0.461 e. The van der Waals surface area contributed by atoms with Crippen LogP contribution >= 0.6 is 0 Å². The van der Waals surface area contributed by atoms with Gasteiger partial charge in [0.1, 0.15) is 11.4 Å². The van der Waals surface area contributed by atoms with E-state index in [4.69, 9.17) is 14.6 Å². The number of aliphatic hydroxyl groups is 1. The van der Waals surface area contributed by atoms with Gasteiger partial charge in [0.05, 0.1) is 19.8 Å². The quantitative estimate of drug-likeness (QED) is 0.601. The van der Waals surface area contributed by atoms with Gasteiger partial charge in [-0.1, -0.05) is 13.2 Å². The Morgan fingerprint density at radius 2 is 1.40 bits per heavy atom. The van der Waals surface area contributed by atoms with Gasteiger partial charge in [0.15, 0.2) is 0 Å². The van der Waals surface area contributed by atoms with Gasteiger partial charge in [-0.15, -0.1) is 0 Å². The first kappa shape index (κ1) is 16.2. The fourth-order valence-corrected chi connectivity index (χ4v) is 1.81. The highest BCUT2D eigenvalue weighted by atomic mass is 16.5. The highest BCUT2D eigenvalue weighted by Gasteiger charge is 2.24. The number of rotatable bonds is 2. The minimum atomic E-state index is -0.619. The van der Waals surface area contributed by atoms with Crippen LogP contribution in [-0.2, 0) is 19.1 Å². The van der Waals surface area contributed by atoms with Gasteiger partial charge < -0.3 is 19.5 Å². The molecule has 0 unspecified atom stereocenters. The van der Waals surface area contributed by atoms with Gasteiger partial charge in [-0.25, -0.2) is 9.59 Å². The van der Waals surface area contributed by atoms with E-state index in [9.17, 15) is 9.59 Å². The molecule has 0 aromatic carbocycles. The van der Waals surface area contributed by atoms with Crippen LogP contribution in [0.1, 0.15) is 25.7 Å². The molecule has 1 N–H and O–H groups in total. The van der Waals surface area contributed by atoms with Gasteiger partial charge in [0.25, 0.3) is 0 Å². The molecule has 6 nitrogen and oxygen atoms in total. The van der Waals surface area contributed by atoms with Gasteiger partial charge >= 0.3 is 11.9 Å². The molecule has 0 aromatic heterocycles. The van der Waals surface area contributed by atoms with Crippen LogP contribution in [0.25, 0.3) is 0 Å². The summed E-state index contributed by atoms with van der Waals surface area (Å²) in [5.41, 5.74) is -0.0551. The number of nitrogens with zero attached hydrogens (tertiary/aromatic N) is 1. The van der Waals surface area contributed by atoms with Crippen LogP contribution in [0.4, 0.5) is 0 Å². The van der Waals surface area contributed by atoms with Crippen molar-refractivity contribution in [2.45, 2.75) is 25.7 Å². The molecule has 0 atom stereocenters. The number of carbonyl (C=O) groups excluding carboxylic acids is 2. The predicted molar refractivity (Wildman–Crippen MR) is 72.5 cm³/mol. The summed E-state index contributed by atoms with van der Waals surface area (Å²) in [5.74, 6) is -1.24. The first-order valence-electron chi connectivity index (χ1n) is 6.68. The van der Waals surface area contributed by atoms with Crippen molar-refractivity contribution in [3.63, 3.8) is 0 Å². The van der Waals surface area contributed by atoms with Crippen molar-refractivity contribution < 1.29 is 24.2 Å². The molecule has 1 aliphatic rings. The molecule has 0 amide bonds. The maximum atomic E-state index is 11.8. The van der Waals surface area contributed by atoms with Gasteiger partial charge in [0.2, 0.25) is 0 Å². The normalized spacial score (nSPS) is 19.6. The Hall–Kier alpha value is -1.82. The Kier molecular flexibility index (Phi) is 6.79. The van der Waals surface area contributed by atoms with E-state index in [2.05, 4.69) is 13.2 Å². The maximum absolute atomic E-state index is 11.8. The zero-order valence-corrected chi connectivity index (χ0v) is 11.6. The number of ether oxygens (including phenoxy) is 2. The number of carbonyl (C=O) groups is 2. The third kappa shape index (κ3) is 4.70. The first-order chi connectivity index (χ1) is 9.57. The maximum Gasteiger partial charge on any atom is 0.354 e. The van der Waals surface area contributed by atoms with E-state index < -0.39 is 11.9 Å². The molecule has 0 saturated carbocycles. The molecule has 1 rings (SSSR count). The Morgan fingerprint density at radius 1 is 0.950 bits per heavy atom. The Morgan fingerprint density at radius 3 is 1.80 bits per heavy atom. The molecule has 112 valence electrons. The van der Waals surface area contributed by atoms with Crippen LogP contribution in [0.15, 0.2) is 24.6 Å². The largest absolute Gasteiger partial charge is 0.461 e. The highest BCUT2D eigenvalue weighted by Crippen LogP contribution is 2.14. The summed E-state index contributed by atoms with van der Waals surface area (Å²) in [6, 6.07) is 0. The second kappa shape index (κ2) is 8.37. The molecular formula is C14H21NO5. The summed E-state index contributed by atoms with van der Waals surface area (Å²) < 4.78 is 10.1. The summed E-state index contributed by atoms with van der Waals surface area (Å²) >= 11 is 0. The Balaban J connectivity index is 2.83. The molecule has 1 aliphatic heterocycles. The lowest BCUT2D eigenvalue weighted by molar-refractivity contribution is -0.142. The van der Waals surface area contributed by atoms with Crippen molar-refractivity contribution >= 4 is 11.9 Å². The third-order valence-electron chi connectivity index (χ3n) is 2.95. The molecule has 0 bridgehead atoms. The summed E-state index contributed by atoms with van der Waals surface area (Å²) in [4.78, 5) is 24.9. The van der Waals surface area contributed by atoms with Crippen molar-refractivity contribution in [1.82, 2.24) is 4.90 Å². The van der Waals surface area contributed by atoms with Crippen molar-refractivity contribution in [1.29, 1.82) is 0 Å². The van der Waals surface area contributed by atoms with Crippen molar-refractivity contribution in [2.75, 3.05) is 26.4 Å². The van der Waals surface area contributed by atoms with Crippen LogP contribution < -0.4 is 0 Å². The second-order valence-electron chi connectivity index (χ2n) is 4.45. The number of hydrogen-bond acceptors (Lipinski definition) is 6. The van der Waals surface area contributed by atoms with E-state index in [0.29, 0.717) is 13.2 Å². The molecule has 20 heavy (non-hydrogen) atoms. The SMILES string of the molecule is C=C1C(=O)OCCCCCCOC(=O)C(=C)N1CCO. The lowest BCUT2D eigenvalue weighted by Crippen LogP contribution is -2.33. The summed E-state index contributed by atoms with van der Waals surface area (Å²) in [6.45, 7) is 7.61. The number of cyclic esters (lactones) is 2. The van der Waals surface area contributed by atoms with Crippen molar-refractivity contribution in [2.24, 2.45) is 0 Å². The fourth-order valence-electron chi connectivity index (χ4n) is 1.81. The van der Waals surface area contributed by atoms with E-state index in [1.807, 2.05) is 0 Å². The van der Waals surface area contributed by atoms with Crippen LogP contribution in [0.5, 0.6) is 0 Å². The molecular weight excluding hydrogens is 262 g/mol. The first-order valence-corrected chi connectivity index (χ1v) is 6.68. The van der Waals surface area contributed by atoms with Crippen LogP contribution in [0.3, 0.4) is 0 Å². The Bertz CT molecular complexity index is 357. The predicted octanol–water partition coefficient (Wildman–Crippen LogP) is 0.968. The van der Waals surface area contributed by atoms with Gasteiger partial charge in [-0.2, -0.15) is 0 Å². The molecule has 1 fully saturated rings. The topological polar surface area (TPSA) is 76.1 Å². The number of hydrogen-bond donors (Lipinski definition) is 1. The number of esters is 2. The van der Waals surface area contributed by atoms with E-state index in [1.54, 1.807) is 0 Å². The lowest BCUT2D eigenvalue weighted by Gasteiger charge is -2.25. The monoisotopic (exact) mass is 283 g/mol. The number of β-amino-alcohol motifs (C(OH)–C–C–N with tert-alkyl or cyclic N) is 1. The molecule has 6 heteroatoms. The second-order valence-corrected chi connectivity index (χ2v) is 4.45. The third-order valence-corrected chi connectivity index (χ3v) is 2.95. The standard InChI is InChI=1S/C14H21NO5/c1-11-13(17)19-9-5-3-4-6-10-20-14(18)12(2)15(11)7-8-16/h16H,1-10H2. The number of aliphatic hydroxyl groups excluding tert-OH is 1. The average Bonchev–Trinajstić information content (AvgIpc) is 2.45. The van der Waals surface area contributed by atoms with Gasteiger partial charge in [-0.05, 0) is 25.7 Å². The molecule has 1 saturated heterocycles. The molecule has 0 radical (unpaired) electrons. The molecule has 0 aliphatic carbocycles. The van der Waals surface area contributed by atoms with Crippen LogP contribution in [0.2, 0.25) is 0 Å². The van der Waals surface area contributed by atoms with Gasteiger partial charge in [0, 0.05) is 6.54 Å². The van der Waals surface area contributed by atoms with E-state index in [-0.39, 0.29) is 24.5 Å². The molecule has 0 spiro atoms. The van der Waals surface area contributed by atoms with Crippen LogP contribution in [-0.4, -0.2) is 48.3 Å². The fraction of sp³-hybridized carbons (Fsp3) is 0.571. The van der Waals surface area contributed by atoms with E-state index in [0.717, 1.165) is 25.7 Å². The minimum absolute atomic E-state index is 0.0275. The summed E-state index contributed by atoms with van der Waals surface area (Å²) in [6.07, 6.45) is 3.32. The van der Waals surface area contributed by atoms with Crippen molar-refractivity contribution in [3.05, 3.63) is 24.6 Å². The Labute approximate surface area is 118 Å². The average molecular weight is 283 g/mol. The van der Waals surface area contributed by atoms with Crippen LogP contribution in [0, 0.1) is 0 Å². The van der Waals surface area contributed by atoms with Crippen molar-refractivity contribution in [3.8, 4) is 0 Å². The summed E-state index contributed by atoms with van der Waals surface area (Å²) in [5, 5.41) is 9.03. The van der Waals surface area contributed by atoms with Gasteiger partial charge in [-0.3, -0.25) is 0 Å².